The molecule has 112 valence electrons. The second-order valence-corrected chi connectivity index (χ2v) is 4.67. The second kappa shape index (κ2) is 5.04. The Morgan fingerprint density at radius 2 is 2.20 bits per heavy atom. The van der Waals surface area contributed by atoms with Crippen LogP contribution in [0, 0.1) is 0 Å². The number of aromatic nitrogens is 2. The summed E-state index contributed by atoms with van der Waals surface area (Å²) in [5.41, 5.74) is -2.34. The molecule has 0 aromatic carbocycles. The van der Waals surface area contributed by atoms with E-state index in [9.17, 15) is 27.5 Å². The Labute approximate surface area is 111 Å². The Kier molecular flexibility index (Phi) is 3.72. The number of carbonyl (C=O) groups excluding carboxylic acids is 1. The van der Waals surface area contributed by atoms with Crippen molar-refractivity contribution in [3.63, 3.8) is 0 Å². The number of alkyl halides is 4. The monoisotopic (exact) mass is 295 g/mol. The van der Waals surface area contributed by atoms with Gasteiger partial charge in [0, 0.05) is 12.4 Å². The zero-order chi connectivity index (χ0) is 15.0. The van der Waals surface area contributed by atoms with Crippen LogP contribution in [0.2, 0.25) is 0 Å². The zero-order valence-corrected chi connectivity index (χ0v) is 10.3. The van der Waals surface area contributed by atoms with Crippen molar-refractivity contribution in [2.24, 2.45) is 0 Å². The molecule has 0 saturated heterocycles. The van der Waals surface area contributed by atoms with Crippen molar-refractivity contribution in [2.75, 3.05) is 0 Å². The van der Waals surface area contributed by atoms with Gasteiger partial charge >= 0.3 is 12.5 Å². The number of hydrogen-bond acceptors (Lipinski definition) is 3. The van der Waals surface area contributed by atoms with Gasteiger partial charge < -0.3 is 10.4 Å². The number of amides is 1. The molecule has 1 aromatic heterocycles. The fourth-order valence-corrected chi connectivity index (χ4v) is 1.97. The molecule has 1 aliphatic carbocycles. The molecule has 2 N–H and O–H groups in total. The smallest absolute Gasteiger partial charge is 0.352 e. The summed E-state index contributed by atoms with van der Waals surface area (Å²) in [6, 6.07) is 0. The minimum absolute atomic E-state index is 0.168. The van der Waals surface area contributed by atoms with Gasteiger partial charge in [0.05, 0.1) is 6.54 Å². The number of rotatable bonds is 5. The predicted molar refractivity (Wildman–Crippen MR) is 59.1 cm³/mol. The van der Waals surface area contributed by atoms with E-state index in [-0.39, 0.29) is 18.7 Å². The molecule has 20 heavy (non-hydrogen) atoms. The van der Waals surface area contributed by atoms with E-state index in [0.717, 1.165) is 12.4 Å². The lowest BCUT2D eigenvalue weighted by molar-refractivity contribution is -0.216. The van der Waals surface area contributed by atoms with Crippen LogP contribution in [0.4, 0.5) is 17.6 Å². The molecule has 1 heterocycles. The zero-order valence-electron chi connectivity index (χ0n) is 10.3. The molecule has 0 bridgehead atoms. The first kappa shape index (κ1) is 14.8. The Hall–Kier alpha value is -1.64. The highest BCUT2D eigenvalue weighted by Gasteiger charge is 2.61. The van der Waals surface area contributed by atoms with Crippen LogP contribution in [0.5, 0.6) is 0 Å². The van der Waals surface area contributed by atoms with Crippen LogP contribution in [0.1, 0.15) is 31.6 Å². The number of imidazole rings is 1. The molecule has 0 unspecified atom stereocenters. The summed E-state index contributed by atoms with van der Waals surface area (Å²) in [5, 5.41) is 11.4. The van der Waals surface area contributed by atoms with E-state index in [1.165, 1.54) is 0 Å². The molecule has 0 aliphatic heterocycles. The van der Waals surface area contributed by atoms with Gasteiger partial charge in [0.15, 0.2) is 0 Å². The first-order valence-electron chi connectivity index (χ1n) is 5.96. The average Bonchev–Trinajstić information content (AvgIpc) is 2.81. The lowest BCUT2D eigenvalue weighted by Crippen LogP contribution is -2.60. The first-order valence-corrected chi connectivity index (χ1v) is 5.96. The van der Waals surface area contributed by atoms with E-state index in [1.807, 2.05) is 5.32 Å². The number of aliphatic hydroxyl groups is 1. The number of nitrogens with one attached hydrogen (secondary N) is 1. The third-order valence-electron chi connectivity index (χ3n) is 3.42. The maximum absolute atomic E-state index is 13.7. The van der Waals surface area contributed by atoms with Gasteiger partial charge in [-0.25, -0.2) is 4.98 Å². The summed E-state index contributed by atoms with van der Waals surface area (Å²) >= 11 is 0. The van der Waals surface area contributed by atoms with E-state index >= 15 is 0 Å². The van der Waals surface area contributed by atoms with Gasteiger partial charge in [0.2, 0.25) is 0 Å². The summed E-state index contributed by atoms with van der Waals surface area (Å²) in [6.45, 7) is -3.44. The summed E-state index contributed by atoms with van der Waals surface area (Å²) in [6.07, 6.45) is 2.13. The molecule has 0 spiro atoms. The molecule has 0 radical (unpaired) electrons. The molecule has 1 amide bonds. The fraction of sp³-hybridized carbons (Fsp3) is 0.636. The Balaban J connectivity index is 2.00. The van der Waals surface area contributed by atoms with Crippen molar-refractivity contribution in [1.29, 1.82) is 0 Å². The highest BCUT2D eigenvalue weighted by atomic mass is 19.3. The van der Waals surface area contributed by atoms with Crippen LogP contribution in [0.25, 0.3) is 0 Å². The SMILES string of the molecule is O=C(NCc1nccn1C(F)F)C(F)(F)C1(O)CCC1. The second-order valence-electron chi connectivity index (χ2n) is 4.67. The van der Waals surface area contributed by atoms with Gasteiger partial charge in [-0.05, 0) is 19.3 Å². The molecule has 2 rings (SSSR count). The maximum atomic E-state index is 13.7. The average molecular weight is 295 g/mol. The minimum atomic E-state index is -3.95. The predicted octanol–water partition coefficient (Wildman–Crippen LogP) is 1.44. The number of hydrogen-bond donors (Lipinski definition) is 2. The van der Waals surface area contributed by atoms with Gasteiger partial charge in [-0.2, -0.15) is 17.6 Å². The quantitative estimate of drug-likeness (QED) is 0.808. The van der Waals surface area contributed by atoms with Crippen LogP contribution < -0.4 is 5.32 Å². The highest BCUT2D eigenvalue weighted by Crippen LogP contribution is 2.44. The van der Waals surface area contributed by atoms with Crippen LogP contribution >= 0.6 is 0 Å². The van der Waals surface area contributed by atoms with Crippen LogP contribution in [0.15, 0.2) is 12.4 Å². The van der Waals surface area contributed by atoms with Crippen LogP contribution in [0.3, 0.4) is 0 Å². The molecule has 9 heteroatoms. The summed E-state index contributed by atoms with van der Waals surface area (Å²) in [4.78, 5) is 15.0. The minimum Gasteiger partial charge on any atom is -0.383 e. The van der Waals surface area contributed by atoms with Gasteiger partial charge in [0.25, 0.3) is 5.91 Å². The Morgan fingerprint density at radius 1 is 1.55 bits per heavy atom. The molecular formula is C11H13F4N3O2. The molecule has 5 nitrogen and oxygen atoms in total. The van der Waals surface area contributed by atoms with E-state index < -0.39 is 30.5 Å². The van der Waals surface area contributed by atoms with E-state index in [0.29, 0.717) is 11.0 Å². The fourth-order valence-electron chi connectivity index (χ4n) is 1.97. The van der Waals surface area contributed by atoms with Gasteiger partial charge in [0.1, 0.15) is 11.4 Å². The lowest BCUT2D eigenvalue weighted by atomic mass is 9.75. The highest BCUT2D eigenvalue weighted by molar-refractivity contribution is 5.85. The van der Waals surface area contributed by atoms with Crippen molar-refractivity contribution >= 4 is 5.91 Å². The molecular weight excluding hydrogens is 282 g/mol. The topological polar surface area (TPSA) is 67.2 Å². The van der Waals surface area contributed by atoms with Crippen molar-refractivity contribution in [2.45, 2.75) is 43.9 Å². The van der Waals surface area contributed by atoms with E-state index in [1.54, 1.807) is 0 Å². The van der Waals surface area contributed by atoms with Crippen molar-refractivity contribution in [3.8, 4) is 0 Å². The molecule has 1 aliphatic rings. The molecule has 0 atom stereocenters. The third kappa shape index (κ3) is 2.37. The molecule has 1 saturated carbocycles. The standard InChI is InChI=1S/C11H13F4N3O2/c12-9(13)18-5-4-16-7(18)6-17-8(19)11(14,15)10(20)2-1-3-10/h4-5,9,20H,1-3,6H2,(H,17,19). The van der Waals surface area contributed by atoms with Crippen LogP contribution in [-0.4, -0.2) is 32.1 Å². The van der Waals surface area contributed by atoms with Crippen molar-refractivity contribution < 1.29 is 27.5 Å². The first-order chi connectivity index (χ1) is 9.28. The summed E-state index contributed by atoms with van der Waals surface area (Å²) in [7, 11) is 0. The van der Waals surface area contributed by atoms with Gasteiger partial charge in [-0.3, -0.25) is 9.36 Å². The Bertz CT molecular complexity index is 500. The molecule has 1 aromatic rings. The largest absolute Gasteiger partial charge is 0.383 e. The number of carbonyl (C=O) groups is 1. The molecule has 1 fully saturated rings. The van der Waals surface area contributed by atoms with Crippen molar-refractivity contribution in [3.05, 3.63) is 18.2 Å². The van der Waals surface area contributed by atoms with Crippen LogP contribution in [-0.2, 0) is 11.3 Å². The Morgan fingerprint density at radius 3 is 2.70 bits per heavy atom. The summed E-state index contributed by atoms with van der Waals surface area (Å²) < 4.78 is 52.8. The lowest BCUT2D eigenvalue weighted by Gasteiger charge is -2.41. The summed E-state index contributed by atoms with van der Waals surface area (Å²) in [5.74, 6) is -5.89. The van der Waals surface area contributed by atoms with Gasteiger partial charge in [-0.1, -0.05) is 0 Å². The third-order valence-corrected chi connectivity index (χ3v) is 3.42. The van der Waals surface area contributed by atoms with Crippen molar-refractivity contribution in [1.82, 2.24) is 14.9 Å². The van der Waals surface area contributed by atoms with E-state index in [2.05, 4.69) is 4.98 Å². The normalized spacial score (nSPS) is 17.9. The van der Waals surface area contributed by atoms with Gasteiger partial charge in [-0.15, -0.1) is 0 Å². The van der Waals surface area contributed by atoms with E-state index in [4.69, 9.17) is 0 Å². The maximum Gasteiger partial charge on any atom is 0.352 e. The number of nitrogens with zero attached hydrogens (tertiary/aromatic N) is 2. The number of halogens is 4.